The molecule has 0 bridgehead atoms. The Balaban J connectivity index is 1.90. The third-order valence-electron chi connectivity index (χ3n) is 5.37. The van der Waals surface area contributed by atoms with E-state index in [-0.39, 0.29) is 50.8 Å². The van der Waals surface area contributed by atoms with Gasteiger partial charge in [-0.25, -0.2) is 9.18 Å². The largest absolute Gasteiger partial charge is 0.493 e. The molecule has 0 unspecified atom stereocenters. The van der Waals surface area contributed by atoms with Crippen LogP contribution in [0.4, 0.5) is 15.1 Å². The van der Waals surface area contributed by atoms with Crippen LogP contribution in [-0.4, -0.2) is 47.4 Å². The highest BCUT2D eigenvalue weighted by molar-refractivity contribution is 7.16. The van der Waals surface area contributed by atoms with Gasteiger partial charge in [-0.15, -0.1) is 11.3 Å². The van der Waals surface area contributed by atoms with Gasteiger partial charge in [0, 0.05) is 16.8 Å². The summed E-state index contributed by atoms with van der Waals surface area (Å²) in [6.07, 6.45) is 0. The minimum atomic E-state index is -0.937. The molecule has 0 saturated carbocycles. The lowest BCUT2D eigenvalue weighted by Gasteiger charge is -2.11. The quantitative estimate of drug-likeness (QED) is 0.198. The number of halogens is 1. The van der Waals surface area contributed by atoms with Gasteiger partial charge < -0.3 is 19.5 Å². The summed E-state index contributed by atoms with van der Waals surface area (Å²) >= 11 is 0.877. The average Bonchev–Trinajstić information content (AvgIpc) is 3.32. The van der Waals surface area contributed by atoms with Crippen LogP contribution in [0.5, 0.6) is 11.5 Å². The number of esters is 1. The molecule has 0 radical (unpaired) electrons. The monoisotopic (exact) mass is 542 g/mol. The number of nitrogens with one attached hydrogen (secondary N) is 1. The zero-order valence-electron chi connectivity index (χ0n) is 20.1. The van der Waals surface area contributed by atoms with E-state index in [1.807, 2.05) is 0 Å². The molecule has 0 fully saturated rings. The number of nitrogens with zero attached hydrogens (tertiary/aromatic N) is 3. The van der Waals surface area contributed by atoms with Crippen LogP contribution in [-0.2, 0) is 4.74 Å². The molecule has 0 spiro atoms. The van der Waals surface area contributed by atoms with Crippen LogP contribution >= 0.6 is 11.3 Å². The van der Waals surface area contributed by atoms with E-state index in [1.165, 1.54) is 37.8 Å². The number of rotatable bonds is 8. The Morgan fingerprint density at radius 1 is 1.18 bits per heavy atom. The van der Waals surface area contributed by atoms with Gasteiger partial charge in [0.15, 0.2) is 17.2 Å². The normalized spacial score (nSPS) is 10.7. The molecule has 4 rings (SSSR count). The number of benzene rings is 2. The number of carbonyl (C=O) groups excluding carboxylic acids is 2. The van der Waals surface area contributed by atoms with E-state index >= 15 is 0 Å². The molecule has 0 aliphatic rings. The lowest BCUT2D eigenvalue weighted by Crippen LogP contribution is -2.26. The summed E-state index contributed by atoms with van der Waals surface area (Å²) in [7, 11) is 2.59. The fraction of sp³-hybridized carbons (Fsp3) is 0.167. The van der Waals surface area contributed by atoms with Gasteiger partial charge in [0.05, 0.1) is 37.2 Å². The molecule has 0 aliphatic heterocycles. The van der Waals surface area contributed by atoms with Crippen LogP contribution in [0.15, 0.2) is 46.6 Å². The molecule has 2 aromatic heterocycles. The second-order valence-electron chi connectivity index (χ2n) is 7.53. The van der Waals surface area contributed by atoms with Gasteiger partial charge in [-0.2, -0.15) is 9.78 Å². The zero-order chi connectivity index (χ0) is 27.6. The number of ether oxygens (including phenoxy) is 3. The molecule has 4 aromatic rings. The van der Waals surface area contributed by atoms with Gasteiger partial charge in [0.2, 0.25) is 0 Å². The number of nitro groups is 1. The van der Waals surface area contributed by atoms with E-state index in [0.717, 1.165) is 29.5 Å². The molecule has 1 N–H and O–H groups in total. The van der Waals surface area contributed by atoms with Crippen molar-refractivity contribution < 1.29 is 33.1 Å². The molecule has 2 aromatic carbocycles. The number of fused-ring (bicyclic) bond motifs is 1. The van der Waals surface area contributed by atoms with Crippen LogP contribution in [0.3, 0.4) is 0 Å². The summed E-state index contributed by atoms with van der Waals surface area (Å²) in [6.45, 7) is 1.59. The minimum absolute atomic E-state index is 0.0114. The molecule has 0 saturated heterocycles. The predicted molar refractivity (Wildman–Crippen MR) is 135 cm³/mol. The number of hydrogen-bond donors (Lipinski definition) is 1. The minimum Gasteiger partial charge on any atom is -0.493 e. The Morgan fingerprint density at radius 2 is 1.87 bits per heavy atom. The number of hydrogen-bond acceptors (Lipinski definition) is 10. The van der Waals surface area contributed by atoms with Crippen molar-refractivity contribution in [1.82, 2.24) is 9.78 Å². The van der Waals surface area contributed by atoms with Crippen molar-refractivity contribution in [1.29, 1.82) is 0 Å². The maximum Gasteiger partial charge on any atom is 0.359 e. The molecule has 38 heavy (non-hydrogen) atoms. The molecular weight excluding hydrogens is 523 g/mol. The molecule has 14 heteroatoms. The van der Waals surface area contributed by atoms with Gasteiger partial charge in [0.25, 0.3) is 17.2 Å². The highest BCUT2D eigenvalue weighted by Crippen LogP contribution is 2.36. The number of thiophene rings is 1. The van der Waals surface area contributed by atoms with E-state index in [4.69, 9.17) is 14.2 Å². The highest BCUT2D eigenvalue weighted by Gasteiger charge is 2.28. The second kappa shape index (κ2) is 10.6. The molecule has 0 atom stereocenters. The van der Waals surface area contributed by atoms with Crippen molar-refractivity contribution in [3.63, 3.8) is 0 Å². The maximum atomic E-state index is 14.6. The Hall–Kier alpha value is -4.85. The number of para-hydroxylation sites is 1. The van der Waals surface area contributed by atoms with Crippen LogP contribution < -0.4 is 20.3 Å². The fourth-order valence-electron chi connectivity index (χ4n) is 3.65. The zero-order valence-corrected chi connectivity index (χ0v) is 21.0. The Bertz CT molecular complexity index is 1650. The van der Waals surface area contributed by atoms with Gasteiger partial charge in [-0.1, -0.05) is 12.1 Å². The summed E-state index contributed by atoms with van der Waals surface area (Å²) in [6, 6.07) is 7.47. The maximum absolute atomic E-state index is 14.6. The van der Waals surface area contributed by atoms with E-state index < -0.39 is 33.9 Å². The van der Waals surface area contributed by atoms with Crippen molar-refractivity contribution >= 4 is 44.7 Å². The lowest BCUT2D eigenvalue weighted by molar-refractivity contribution is -0.385. The van der Waals surface area contributed by atoms with Crippen LogP contribution in [0, 0.1) is 15.9 Å². The predicted octanol–water partition coefficient (Wildman–Crippen LogP) is 3.94. The number of methoxy groups -OCH3 is 2. The molecule has 1 amide bonds. The SMILES string of the molecule is CCOC(=O)c1nn(-c2ccccc2F)c(=O)c2c(NC(=O)c3cc(OC)c(OC)cc3[N+](=O)[O-])scc12. The summed E-state index contributed by atoms with van der Waals surface area (Å²) < 4.78 is 30.6. The summed E-state index contributed by atoms with van der Waals surface area (Å²) in [4.78, 5) is 50.2. The van der Waals surface area contributed by atoms with Gasteiger partial charge >= 0.3 is 5.97 Å². The number of aromatic nitrogens is 2. The first-order valence-electron chi connectivity index (χ1n) is 10.9. The highest BCUT2D eigenvalue weighted by atomic mass is 32.1. The number of anilines is 1. The molecule has 0 aliphatic carbocycles. The number of nitro benzene ring substituents is 1. The first kappa shape index (κ1) is 26.2. The first-order valence-corrected chi connectivity index (χ1v) is 11.8. The van der Waals surface area contributed by atoms with Gasteiger partial charge in [0.1, 0.15) is 22.1 Å². The summed E-state index contributed by atoms with van der Waals surface area (Å²) in [5, 5.41) is 19.5. The average molecular weight is 543 g/mol. The van der Waals surface area contributed by atoms with Crippen molar-refractivity contribution in [3.8, 4) is 17.2 Å². The van der Waals surface area contributed by atoms with Crippen molar-refractivity contribution in [2.75, 3.05) is 26.1 Å². The van der Waals surface area contributed by atoms with Gasteiger partial charge in [-0.3, -0.25) is 19.7 Å². The van der Waals surface area contributed by atoms with Crippen molar-refractivity contribution in [3.05, 3.63) is 79.3 Å². The van der Waals surface area contributed by atoms with Gasteiger partial charge in [-0.05, 0) is 19.1 Å². The Labute approximate surface area is 217 Å². The van der Waals surface area contributed by atoms with Crippen molar-refractivity contribution in [2.45, 2.75) is 6.92 Å². The van der Waals surface area contributed by atoms with E-state index in [2.05, 4.69) is 10.4 Å². The number of amides is 1. The molecule has 196 valence electrons. The summed E-state index contributed by atoms with van der Waals surface area (Å²) in [5.41, 5.74) is -2.29. The van der Waals surface area contributed by atoms with E-state index in [1.54, 1.807) is 6.92 Å². The fourth-order valence-corrected chi connectivity index (χ4v) is 4.58. The number of carbonyl (C=O) groups is 2. The molecule has 12 nitrogen and oxygen atoms in total. The Morgan fingerprint density at radius 3 is 2.50 bits per heavy atom. The smallest absolute Gasteiger partial charge is 0.359 e. The van der Waals surface area contributed by atoms with Crippen LogP contribution in [0.25, 0.3) is 16.5 Å². The lowest BCUT2D eigenvalue weighted by atomic mass is 10.1. The van der Waals surface area contributed by atoms with E-state index in [0.29, 0.717) is 4.68 Å². The topological polar surface area (TPSA) is 152 Å². The first-order chi connectivity index (χ1) is 18.2. The van der Waals surface area contributed by atoms with Crippen LogP contribution in [0.2, 0.25) is 0 Å². The Kier molecular flexibility index (Phi) is 7.34. The molecular formula is C24H19FN4O8S. The molecule has 2 heterocycles. The summed E-state index contributed by atoms with van der Waals surface area (Å²) in [5.74, 6) is -2.48. The standard InChI is InChI=1S/C24H19FN4O8S/c1-4-37-24(32)20-13-11-38-22(19(13)23(31)28(27-20)15-8-6-5-7-14(15)25)26-21(30)12-9-17(35-2)18(36-3)10-16(12)29(33)34/h5-11H,4H2,1-3H3,(H,26,30). The van der Waals surface area contributed by atoms with Crippen LogP contribution in [0.1, 0.15) is 27.8 Å². The second-order valence-corrected chi connectivity index (χ2v) is 8.41. The van der Waals surface area contributed by atoms with Crippen molar-refractivity contribution in [2.24, 2.45) is 0 Å². The van der Waals surface area contributed by atoms with E-state index in [9.17, 15) is 28.9 Å². The third kappa shape index (κ3) is 4.64. The third-order valence-corrected chi connectivity index (χ3v) is 6.27.